The molecule has 0 radical (unpaired) electrons. The SMILES string of the molecule is CCN(c1ccccc1)[C@@H]1C=C2C[C@@H](OC(C)=O)CC[C@]2(C)[C@@H]2CC[C@]3(C)[C@H](CC[C@H]3[C@@H](C)CCCC(C)C)[C@@H]12. The van der Waals surface area contributed by atoms with Crippen LogP contribution < -0.4 is 4.90 Å². The number of rotatable bonds is 9. The molecule has 5 rings (SSSR count). The highest BCUT2D eigenvalue weighted by Crippen LogP contribution is 2.68. The summed E-state index contributed by atoms with van der Waals surface area (Å²) in [5, 5.41) is 0. The number of carbonyl (C=O) groups is 1. The molecule has 4 aliphatic carbocycles. The van der Waals surface area contributed by atoms with Crippen molar-refractivity contribution in [2.45, 2.75) is 125 Å². The quantitative estimate of drug-likeness (QED) is 0.228. The standard InChI is InChI=1S/C37H57NO2/c1-8-38(29-15-10-9-11-16-29)34-24-28-23-30(40-27(5)39)19-21-36(28,6)33-20-22-37(7)31(17-18-32(37)35(33)34)26(4)14-12-13-25(2)3/h9-11,15-16,24-26,30-35H,8,12-14,17-23H2,1-7H3/t26-,30-,31-,32+,33+,34+,35+,36-,37-/m0/s1. The lowest BCUT2D eigenvalue weighted by Gasteiger charge is -2.61. The van der Waals surface area contributed by atoms with Crippen LogP contribution >= 0.6 is 0 Å². The minimum absolute atomic E-state index is 0.0391. The van der Waals surface area contributed by atoms with Crippen LogP contribution in [0.2, 0.25) is 0 Å². The predicted octanol–water partition coefficient (Wildman–Crippen LogP) is 9.46. The minimum Gasteiger partial charge on any atom is -0.462 e. The molecule has 0 saturated heterocycles. The molecule has 0 aliphatic heterocycles. The molecular weight excluding hydrogens is 490 g/mol. The Morgan fingerprint density at radius 1 is 1.00 bits per heavy atom. The van der Waals surface area contributed by atoms with E-state index in [2.05, 4.69) is 82.9 Å². The first-order chi connectivity index (χ1) is 19.1. The van der Waals surface area contributed by atoms with Crippen LogP contribution in [0.25, 0.3) is 0 Å². The topological polar surface area (TPSA) is 29.5 Å². The Bertz CT molecular complexity index is 1050. The van der Waals surface area contributed by atoms with Gasteiger partial charge in [-0.05, 0) is 104 Å². The van der Waals surface area contributed by atoms with E-state index in [1.807, 2.05) is 0 Å². The van der Waals surface area contributed by atoms with Gasteiger partial charge in [0.15, 0.2) is 0 Å². The highest BCUT2D eigenvalue weighted by Gasteiger charge is 2.62. The van der Waals surface area contributed by atoms with Crippen LogP contribution in [-0.4, -0.2) is 24.7 Å². The smallest absolute Gasteiger partial charge is 0.302 e. The monoisotopic (exact) mass is 547 g/mol. The zero-order valence-electron chi connectivity index (χ0n) is 26.6. The van der Waals surface area contributed by atoms with Gasteiger partial charge in [0.25, 0.3) is 0 Å². The summed E-state index contributed by atoms with van der Waals surface area (Å²) in [6.07, 6.45) is 15.5. The van der Waals surface area contributed by atoms with E-state index in [0.717, 1.165) is 49.5 Å². The maximum Gasteiger partial charge on any atom is 0.302 e. The molecule has 0 spiro atoms. The number of fused-ring (bicyclic) bond motifs is 5. The summed E-state index contributed by atoms with van der Waals surface area (Å²) in [6.45, 7) is 17.5. The summed E-state index contributed by atoms with van der Waals surface area (Å²) < 4.78 is 5.81. The number of anilines is 1. The third-order valence-electron chi connectivity index (χ3n) is 12.4. The Morgan fingerprint density at radius 2 is 1.75 bits per heavy atom. The predicted molar refractivity (Wildman–Crippen MR) is 167 cm³/mol. The molecule has 3 nitrogen and oxygen atoms in total. The van der Waals surface area contributed by atoms with Gasteiger partial charge in [0.1, 0.15) is 6.10 Å². The molecule has 9 atom stereocenters. The van der Waals surface area contributed by atoms with E-state index in [0.29, 0.717) is 23.3 Å². The molecule has 0 amide bonds. The van der Waals surface area contributed by atoms with Gasteiger partial charge in [-0.3, -0.25) is 4.79 Å². The molecule has 0 unspecified atom stereocenters. The Kier molecular flexibility index (Phi) is 8.80. The van der Waals surface area contributed by atoms with E-state index in [-0.39, 0.29) is 17.5 Å². The first-order valence-electron chi connectivity index (χ1n) is 16.8. The van der Waals surface area contributed by atoms with Crippen molar-refractivity contribution in [2.24, 2.45) is 46.3 Å². The van der Waals surface area contributed by atoms with E-state index in [4.69, 9.17) is 4.74 Å². The number of para-hydroxylation sites is 1. The fraction of sp³-hybridized carbons (Fsp3) is 0.757. The van der Waals surface area contributed by atoms with Gasteiger partial charge < -0.3 is 9.64 Å². The van der Waals surface area contributed by atoms with Crippen LogP contribution in [0.15, 0.2) is 42.0 Å². The van der Waals surface area contributed by atoms with Crippen molar-refractivity contribution in [3.05, 3.63) is 42.0 Å². The van der Waals surface area contributed by atoms with Gasteiger partial charge in [-0.25, -0.2) is 0 Å². The summed E-state index contributed by atoms with van der Waals surface area (Å²) in [5.74, 6) is 4.54. The summed E-state index contributed by atoms with van der Waals surface area (Å²) in [6, 6.07) is 11.6. The summed E-state index contributed by atoms with van der Waals surface area (Å²) in [4.78, 5) is 14.6. The highest BCUT2D eigenvalue weighted by atomic mass is 16.5. The number of benzene rings is 1. The van der Waals surface area contributed by atoms with Gasteiger partial charge >= 0.3 is 5.97 Å². The molecule has 1 aromatic carbocycles. The average molecular weight is 548 g/mol. The van der Waals surface area contributed by atoms with Crippen molar-refractivity contribution in [3.63, 3.8) is 0 Å². The molecule has 4 aliphatic rings. The van der Waals surface area contributed by atoms with Crippen LogP contribution in [0.5, 0.6) is 0 Å². The van der Waals surface area contributed by atoms with Gasteiger partial charge in [0.2, 0.25) is 0 Å². The van der Waals surface area contributed by atoms with Crippen LogP contribution in [0, 0.1) is 46.3 Å². The van der Waals surface area contributed by atoms with E-state index in [9.17, 15) is 4.79 Å². The highest BCUT2D eigenvalue weighted by molar-refractivity contribution is 5.66. The molecule has 1 aromatic rings. The third kappa shape index (κ3) is 5.40. The van der Waals surface area contributed by atoms with E-state index < -0.39 is 0 Å². The van der Waals surface area contributed by atoms with Gasteiger partial charge in [-0.1, -0.05) is 83.7 Å². The Hall–Kier alpha value is -1.77. The molecular formula is C37H57NO2. The van der Waals surface area contributed by atoms with E-state index in [1.54, 1.807) is 12.5 Å². The van der Waals surface area contributed by atoms with Gasteiger partial charge in [-0.2, -0.15) is 0 Å². The zero-order valence-corrected chi connectivity index (χ0v) is 26.6. The number of nitrogens with zero attached hydrogens (tertiary/aromatic N) is 1. The fourth-order valence-corrected chi connectivity index (χ4v) is 10.5. The number of hydrogen-bond acceptors (Lipinski definition) is 3. The number of esters is 1. The summed E-state index contributed by atoms with van der Waals surface area (Å²) in [7, 11) is 0. The molecule has 222 valence electrons. The molecule has 0 N–H and O–H groups in total. The molecule has 3 heteroatoms. The zero-order chi connectivity index (χ0) is 28.7. The van der Waals surface area contributed by atoms with Crippen molar-refractivity contribution in [2.75, 3.05) is 11.4 Å². The van der Waals surface area contributed by atoms with Gasteiger partial charge in [0.05, 0.1) is 6.04 Å². The number of hydrogen-bond donors (Lipinski definition) is 0. The van der Waals surface area contributed by atoms with Crippen molar-refractivity contribution in [1.82, 2.24) is 0 Å². The average Bonchev–Trinajstić information content (AvgIpc) is 3.27. The lowest BCUT2D eigenvalue weighted by atomic mass is 9.45. The van der Waals surface area contributed by atoms with E-state index >= 15 is 0 Å². The second-order valence-corrected chi connectivity index (χ2v) is 15.0. The second kappa shape index (κ2) is 11.8. The molecule has 0 aromatic heterocycles. The first kappa shape index (κ1) is 29.7. The van der Waals surface area contributed by atoms with Crippen molar-refractivity contribution < 1.29 is 9.53 Å². The maximum absolute atomic E-state index is 11.9. The Labute approximate surface area is 245 Å². The third-order valence-corrected chi connectivity index (χ3v) is 12.4. The van der Waals surface area contributed by atoms with Crippen LogP contribution in [0.1, 0.15) is 113 Å². The summed E-state index contributed by atoms with van der Waals surface area (Å²) >= 11 is 0. The lowest BCUT2D eigenvalue weighted by molar-refractivity contribution is -0.148. The first-order valence-corrected chi connectivity index (χ1v) is 16.8. The Balaban J connectivity index is 1.50. The number of ether oxygens (including phenoxy) is 1. The molecule has 0 heterocycles. The maximum atomic E-state index is 11.9. The van der Waals surface area contributed by atoms with Crippen LogP contribution in [0.3, 0.4) is 0 Å². The molecule has 3 fully saturated rings. The molecule has 40 heavy (non-hydrogen) atoms. The van der Waals surface area contributed by atoms with Gasteiger partial charge in [-0.15, -0.1) is 0 Å². The number of likely N-dealkylation sites (N-methyl/N-ethyl adjacent to an activating group) is 1. The van der Waals surface area contributed by atoms with E-state index in [1.165, 1.54) is 50.6 Å². The van der Waals surface area contributed by atoms with Crippen LogP contribution in [0.4, 0.5) is 5.69 Å². The minimum atomic E-state index is -0.133. The van der Waals surface area contributed by atoms with Crippen molar-refractivity contribution in [3.8, 4) is 0 Å². The molecule has 0 bridgehead atoms. The summed E-state index contributed by atoms with van der Waals surface area (Å²) in [5.41, 5.74) is 3.61. The van der Waals surface area contributed by atoms with Crippen LogP contribution in [-0.2, 0) is 9.53 Å². The number of carbonyl (C=O) groups excluding carboxylic acids is 1. The second-order valence-electron chi connectivity index (χ2n) is 15.0. The van der Waals surface area contributed by atoms with Gasteiger partial charge in [0, 0.05) is 25.6 Å². The molecule has 3 saturated carbocycles. The Morgan fingerprint density at radius 3 is 2.42 bits per heavy atom. The fourth-order valence-electron chi connectivity index (χ4n) is 10.5. The lowest BCUT2D eigenvalue weighted by Crippen LogP contribution is -2.59. The normalized spacial score (nSPS) is 37.6. The van der Waals surface area contributed by atoms with Crippen molar-refractivity contribution >= 4 is 11.7 Å². The van der Waals surface area contributed by atoms with Crippen molar-refractivity contribution in [1.29, 1.82) is 0 Å². The largest absolute Gasteiger partial charge is 0.462 e.